The Morgan fingerprint density at radius 1 is 1.25 bits per heavy atom. The van der Waals surface area contributed by atoms with E-state index in [0.717, 1.165) is 11.3 Å². The Morgan fingerprint density at radius 2 is 2.12 bits per heavy atom. The van der Waals surface area contributed by atoms with Crippen LogP contribution in [0.2, 0.25) is 0 Å². The summed E-state index contributed by atoms with van der Waals surface area (Å²) in [6.07, 6.45) is 3.08. The highest BCUT2D eigenvalue weighted by molar-refractivity contribution is 5.98. The summed E-state index contributed by atoms with van der Waals surface area (Å²) in [6.45, 7) is 7.01. The number of carbonyl (C=O) groups excluding carboxylic acids is 2. The largest absolute Gasteiger partial charge is 0.489 e. The maximum Gasteiger partial charge on any atom is 0.274 e. The molecule has 13 nitrogen and oxygen atoms in total. The molecule has 210 valence electrons. The molecular formula is C27H32N8O5. The molecule has 0 aliphatic carbocycles. The molecule has 1 fully saturated rings. The summed E-state index contributed by atoms with van der Waals surface area (Å²) in [5.74, 6) is 0.542. The molecule has 6 rings (SSSR count). The number of hydrogen-bond donors (Lipinski definition) is 1. The van der Waals surface area contributed by atoms with Crippen LogP contribution in [0.4, 0.5) is 0 Å². The second kappa shape index (κ2) is 10.8. The Morgan fingerprint density at radius 3 is 2.95 bits per heavy atom. The SMILES string of the molecule is COc1nc2c(cc1CN1C[C@@H]3NC(=O)c4ncccc4OCCn4cc(nn4)CO[C@H]3C1)C(=O)N(C(C)C)C2. The Hall–Kier alpha value is -4.10. The predicted molar refractivity (Wildman–Crippen MR) is 141 cm³/mol. The number of hydrogen-bond acceptors (Lipinski definition) is 10. The number of carbonyl (C=O) groups is 2. The third-order valence-electron chi connectivity index (χ3n) is 7.42. The topological polar surface area (TPSA) is 137 Å². The van der Waals surface area contributed by atoms with Crippen LogP contribution < -0.4 is 14.8 Å². The molecule has 13 heteroatoms. The summed E-state index contributed by atoms with van der Waals surface area (Å²) in [5, 5.41) is 11.5. The molecular weight excluding hydrogens is 516 g/mol. The van der Waals surface area contributed by atoms with E-state index >= 15 is 0 Å². The lowest BCUT2D eigenvalue weighted by Crippen LogP contribution is -2.44. The van der Waals surface area contributed by atoms with Gasteiger partial charge in [0, 0.05) is 37.4 Å². The van der Waals surface area contributed by atoms with Gasteiger partial charge >= 0.3 is 0 Å². The van der Waals surface area contributed by atoms with Gasteiger partial charge in [-0.05, 0) is 32.0 Å². The zero-order chi connectivity index (χ0) is 27.8. The van der Waals surface area contributed by atoms with E-state index in [2.05, 4.69) is 30.5 Å². The fourth-order valence-electron chi connectivity index (χ4n) is 5.37. The monoisotopic (exact) mass is 548 g/mol. The van der Waals surface area contributed by atoms with Gasteiger partial charge in [-0.1, -0.05) is 5.21 Å². The summed E-state index contributed by atoms with van der Waals surface area (Å²) >= 11 is 0. The Kier molecular flexibility index (Phi) is 7.07. The smallest absolute Gasteiger partial charge is 0.274 e. The van der Waals surface area contributed by atoms with Crippen molar-refractivity contribution < 1.29 is 23.8 Å². The van der Waals surface area contributed by atoms with Crippen molar-refractivity contribution in [3.05, 3.63) is 58.8 Å². The quantitative estimate of drug-likeness (QED) is 0.503. The summed E-state index contributed by atoms with van der Waals surface area (Å²) < 4.78 is 19.4. The molecule has 0 radical (unpaired) electrons. The molecule has 0 aromatic carbocycles. The molecule has 0 unspecified atom stereocenters. The van der Waals surface area contributed by atoms with Crippen molar-refractivity contribution in [2.24, 2.45) is 0 Å². The summed E-state index contributed by atoms with van der Waals surface area (Å²) in [5.41, 5.74) is 3.05. The third-order valence-corrected chi connectivity index (χ3v) is 7.42. The highest BCUT2D eigenvalue weighted by Gasteiger charge is 2.37. The molecule has 2 bridgehead atoms. The van der Waals surface area contributed by atoms with Crippen LogP contribution in [0.5, 0.6) is 11.6 Å². The molecule has 3 aromatic heterocycles. The van der Waals surface area contributed by atoms with Gasteiger partial charge in [-0.25, -0.2) is 14.6 Å². The predicted octanol–water partition coefficient (Wildman–Crippen LogP) is 1.03. The summed E-state index contributed by atoms with van der Waals surface area (Å²) in [7, 11) is 1.58. The first-order valence-corrected chi connectivity index (χ1v) is 13.4. The molecule has 6 heterocycles. The molecule has 0 saturated carbocycles. The number of ether oxygens (including phenoxy) is 3. The molecule has 0 spiro atoms. The van der Waals surface area contributed by atoms with E-state index in [1.165, 1.54) is 0 Å². The van der Waals surface area contributed by atoms with Crippen molar-refractivity contribution in [3.8, 4) is 11.6 Å². The van der Waals surface area contributed by atoms with E-state index in [0.29, 0.717) is 62.2 Å². The van der Waals surface area contributed by atoms with Crippen LogP contribution >= 0.6 is 0 Å². The van der Waals surface area contributed by atoms with Crippen molar-refractivity contribution in [2.45, 2.75) is 58.3 Å². The van der Waals surface area contributed by atoms with E-state index in [1.807, 2.05) is 26.1 Å². The van der Waals surface area contributed by atoms with E-state index in [4.69, 9.17) is 14.2 Å². The highest BCUT2D eigenvalue weighted by atomic mass is 16.5. The molecule has 2 amide bonds. The lowest BCUT2D eigenvalue weighted by molar-refractivity contribution is 0.0292. The first-order valence-electron chi connectivity index (χ1n) is 13.4. The van der Waals surface area contributed by atoms with E-state index < -0.39 is 0 Å². The number of rotatable bonds is 4. The average molecular weight is 549 g/mol. The van der Waals surface area contributed by atoms with Gasteiger partial charge < -0.3 is 24.4 Å². The second-order valence-corrected chi connectivity index (χ2v) is 10.5. The maximum atomic E-state index is 13.3. The first-order chi connectivity index (χ1) is 19.4. The van der Waals surface area contributed by atoms with Crippen LogP contribution in [-0.4, -0.2) is 91.6 Å². The number of aromatic nitrogens is 5. The fourth-order valence-corrected chi connectivity index (χ4v) is 5.37. The summed E-state index contributed by atoms with van der Waals surface area (Å²) in [4.78, 5) is 39.2. The number of nitrogens with zero attached hydrogens (tertiary/aromatic N) is 7. The standard InChI is InChI=1S/C27H32N8O5/c1-16(2)35-13-20-19(27(35)37)9-17(26(30-20)38-3)10-33-12-21-23(14-33)40-15-18-11-34(32-31-18)7-8-39-22-5-4-6-28-24(22)25(36)29-21/h4-6,9,11,16,21,23H,7-8,10,12-15H2,1-3H3,(H,29,36)/t21-,23-/m0/s1. The van der Waals surface area contributed by atoms with Gasteiger partial charge in [0.15, 0.2) is 11.4 Å². The van der Waals surface area contributed by atoms with Crippen LogP contribution in [-0.2, 0) is 31.0 Å². The lowest BCUT2D eigenvalue weighted by Gasteiger charge is -2.20. The van der Waals surface area contributed by atoms with Crippen LogP contribution in [0.25, 0.3) is 0 Å². The minimum Gasteiger partial charge on any atom is -0.489 e. The molecule has 3 aromatic rings. The van der Waals surface area contributed by atoms with Crippen molar-refractivity contribution in [1.29, 1.82) is 0 Å². The van der Waals surface area contributed by atoms with E-state index in [1.54, 1.807) is 35.0 Å². The minimum absolute atomic E-state index is 0.0204. The lowest BCUT2D eigenvalue weighted by atomic mass is 10.1. The highest BCUT2D eigenvalue weighted by Crippen LogP contribution is 2.30. The van der Waals surface area contributed by atoms with Crippen molar-refractivity contribution >= 4 is 11.8 Å². The van der Waals surface area contributed by atoms with E-state index in [9.17, 15) is 9.59 Å². The fraction of sp³-hybridized carbons (Fsp3) is 0.481. The molecule has 3 aliphatic heterocycles. The second-order valence-electron chi connectivity index (χ2n) is 10.5. The van der Waals surface area contributed by atoms with Gasteiger partial charge in [-0.3, -0.25) is 14.5 Å². The average Bonchev–Trinajstić information content (AvgIpc) is 3.64. The van der Waals surface area contributed by atoms with Gasteiger partial charge in [0.25, 0.3) is 11.8 Å². The van der Waals surface area contributed by atoms with Gasteiger partial charge in [-0.2, -0.15) is 0 Å². The number of nitrogens with one attached hydrogen (secondary N) is 1. The Bertz CT molecular complexity index is 1430. The van der Waals surface area contributed by atoms with Gasteiger partial charge in [-0.15, -0.1) is 5.10 Å². The van der Waals surface area contributed by atoms with Gasteiger partial charge in [0.05, 0.1) is 56.4 Å². The van der Waals surface area contributed by atoms with Crippen LogP contribution in [0, 0.1) is 0 Å². The van der Waals surface area contributed by atoms with Crippen molar-refractivity contribution in [2.75, 3.05) is 26.8 Å². The van der Waals surface area contributed by atoms with Crippen LogP contribution in [0.1, 0.15) is 51.6 Å². The number of likely N-dealkylation sites (tertiary alicyclic amines) is 1. The normalized spacial score (nSPS) is 21.4. The van der Waals surface area contributed by atoms with Crippen LogP contribution in [0.15, 0.2) is 30.6 Å². The third kappa shape index (κ3) is 5.09. The molecule has 1 N–H and O–H groups in total. The number of fused-ring (bicyclic) bond motifs is 5. The summed E-state index contributed by atoms with van der Waals surface area (Å²) in [6, 6.07) is 5.10. The number of methoxy groups -OCH3 is 1. The first kappa shape index (κ1) is 26.1. The molecule has 3 aliphatic rings. The maximum absolute atomic E-state index is 13.3. The van der Waals surface area contributed by atoms with Gasteiger partial charge in [0.1, 0.15) is 12.3 Å². The minimum atomic E-state index is -0.332. The zero-order valence-electron chi connectivity index (χ0n) is 22.7. The molecule has 1 saturated heterocycles. The zero-order valence-corrected chi connectivity index (χ0v) is 22.7. The van der Waals surface area contributed by atoms with Crippen molar-refractivity contribution in [1.82, 2.24) is 40.1 Å². The number of amides is 2. The molecule has 40 heavy (non-hydrogen) atoms. The Labute approximate surface area is 231 Å². The van der Waals surface area contributed by atoms with E-state index in [-0.39, 0.29) is 42.3 Å². The Balaban J connectivity index is 1.25. The van der Waals surface area contributed by atoms with Crippen LogP contribution in [0.3, 0.4) is 0 Å². The van der Waals surface area contributed by atoms with Gasteiger partial charge in [0.2, 0.25) is 5.88 Å². The van der Waals surface area contributed by atoms with Crippen molar-refractivity contribution in [3.63, 3.8) is 0 Å². The molecule has 2 atom stereocenters. The number of pyridine rings is 2.